The highest BCUT2D eigenvalue weighted by Gasteiger charge is 2.34. The fourth-order valence-electron chi connectivity index (χ4n) is 3.69. The Morgan fingerprint density at radius 3 is 2.63 bits per heavy atom. The molecule has 3 nitrogen and oxygen atoms in total. The van der Waals surface area contributed by atoms with Crippen LogP contribution >= 0.6 is 0 Å². The zero-order valence-electron chi connectivity index (χ0n) is 12.7. The highest BCUT2D eigenvalue weighted by molar-refractivity contribution is 5.79. The number of hydrogen-bond donors (Lipinski definition) is 1. The first-order chi connectivity index (χ1) is 9.03. The minimum absolute atomic E-state index is 0.208. The normalized spacial score (nSPS) is 31.8. The van der Waals surface area contributed by atoms with Crippen LogP contribution in [0.25, 0.3) is 0 Å². The second kappa shape index (κ2) is 6.25. The van der Waals surface area contributed by atoms with Gasteiger partial charge in [-0.2, -0.15) is 0 Å². The van der Waals surface area contributed by atoms with Crippen LogP contribution in [0.4, 0.5) is 0 Å². The van der Waals surface area contributed by atoms with Gasteiger partial charge in [-0.25, -0.2) is 0 Å². The van der Waals surface area contributed by atoms with Crippen LogP contribution in [-0.2, 0) is 4.79 Å². The smallest absolute Gasteiger partial charge is 0.226 e. The molecule has 0 aromatic rings. The average molecular weight is 266 g/mol. The van der Waals surface area contributed by atoms with E-state index in [0.717, 1.165) is 38.8 Å². The van der Waals surface area contributed by atoms with Crippen molar-refractivity contribution < 1.29 is 4.79 Å². The Hall–Kier alpha value is -0.570. The molecule has 0 radical (unpaired) electrons. The van der Waals surface area contributed by atoms with Gasteiger partial charge in [0, 0.05) is 19.0 Å². The number of amides is 1. The van der Waals surface area contributed by atoms with Crippen molar-refractivity contribution in [3.05, 3.63) is 0 Å². The quantitative estimate of drug-likeness (QED) is 0.835. The van der Waals surface area contributed by atoms with E-state index in [0.29, 0.717) is 23.8 Å². The minimum Gasteiger partial charge on any atom is -0.342 e. The van der Waals surface area contributed by atoms with E-state index < -0.39 is 0 Å². The molecule has 1 amide bonds. The number of carbonyl (C=O) groups excluding carboxylic acids is 1. The summed E-state index contributed by atoms with van der Waals surface area (Å²) < 4.78 is 0. The SMILES string of the molecule is CC1(C)CCCN(C(=O)C2CCCCC2CN)CC1. The molecule has 2 N–H and O–H groups in total. The lowest BCUT2D eigenvalue weighted by molar-refractivity contribution is -0.138. The van der Waals surface area contributed by atoms with E-state index >= 15 is 0 Å². The zero-order valence-corrected chi connectivity index (χ0v) is 12.7. The lowest BCUT2D eigenvalue weighted by Gasteiger charge is -2.34. The van der Waals surface area contributed by atoms with Crippen molar-refractivity contribution in [1.29, 1.82) is 0 Å². The summed E-state index contributed by atoms with van der Waals surface area (Å²) in [5, 5.41) is 0. The Morgan fingerprint density at radius 1 is 1.16 bits per heavy atom. The lowest BCUT2D eigenvalue weighted by atomic mass is 9.78. The molecule has 2 unspecified atom stereocenters. The third-order valence-electron chi connectivity index (χ3n) is 5.18. The molecule has 3 heteroatoms. The second-order valence-corrected chi connectivity index (χ2v) is 7.23. The third-order valence-corrected chi connectivity index (χ3v) is 5.18. The molecule has 19 heavy (non-hydrogen) atoms. The van der Waals surface area contributed by atoms with Crippen molar-refractivity contribution in [2.75, 3.05) is 19.6 Å². The summed E-state index contributed by atoms with van der Waals surface area (Å²) in [7, 11) is 0. The fourth-order valence-corrected chi connectivity index (χ4v) is 3.69. The first-order valence-electron chi connectivity index (χ1n) is 8.02. The van der Waals surface area contributed by atoms with Crippen LogP contribution in [0.1, 0.15) is 58.8 Å². The molecule has 2 atom stereocenters. The number of carbonyl (C=O) groups is 1. The average Bonchev–Trinajstić information content (AvgIpc) is 2.59. The van der Waals surface area contributed by atoms with Crippen LogP contribution in [-0.4, -0.2) is 30.4 Å². The standard InChI is InChI=1S/C16H30N2O/c1-16(2)8-5-10-18(11-9-16)15(19)14-7-4-3-6-13(14)12-17/h13-14H,3-12,17H2,1-2H3. The highest BCUT2D eigenvalue weighted by Crippen LogP contribution is 2.34. The van der Waals surface area contributed by atoms with Gasteiger partial charge in [0.15, 0.2) is 0 Å². The zero-order chi connectivity index (χ0) is 13.9. The van der Waals surface area contributed by atoms with E-state index in [1.807, 2.05) is 0 Å². The summed E-state index contributed by atoms with van der Waals surface area (Å²) in [6.45, 7) is 7.22. The Morgan fingerprint density at radius 2 is 1.89 bits per heavy atom. The summed E-state index contributed by atoms with van der Waals surface area (Å²) in [6.07, 6.45) is 8.18. The van der Waals surface area contributed by atoms with Gasteiger partial charge in [-0.1, -0.05) is 26.7 Å². The van der Waals surface area contributed by atoms with Crippen molar-refractivity contribution in [2.45, 2.75) is 58.8 Å². The third kappa shape index (κ3) is 3.71. The molecule has 110 valence electrons. The maximum atomic E-state index is 12.8. The van der Waals surface area contributed by atoms with Crippen LogP contribution in [0.2, 0.25) is 0 Å². The number of rotatable bonds is 2. The topological polar surface area (TPSA) is 46.3 Å². The highest BCUT2D eigenvalue weighted by atomic mass is 16.2. The predicted octanol–water partition coefficient (Wildman–Crippen LogP) is 2.79. The predicted molar refractivity (Wildman–Crippen MR) is 78.7 cm³/mol. The van der Waals surface area contributed by atoms with Gasteiger partial charge < -0.3 is 10.6 Å². The number of likely N-dealkylation sites (tertiary alicyclic amines) is 1. The van der Waals surface area contributed by atoms with Gasteiger partial charge in [0.1, 0.15) is 0 Å². The largest absolute Gasteiger partial charge is 0.342 e. The molecule has 1 aliphatic carbocycles. The second-order valence-electron chi connectivity index (χ2n) is 7.23. The molecule has 0 spiro atoms. The Labute approximate surface area is 117 Å². The van der Waals surface area contributed by atoms with Crippen LogP contribution in [0.5, 0.6) is 0 Å². The van der Waals surface area contributed by atoms with E-state index in [-0.39, 0.29) is 5.92 Å². The van der Waals surface area contributed by atoms with Gasteiger partial charge in [-0.15, -0.1) is 0 Å². The maximum Gasteiger partial charge on any atom is 0.226 e. The molecule has 0 bridgehead atoms. The van der Waals surface area contributed by atoms with Gasteiger partial charge in [-0.3, -0.25) is 4.79 Å². The van der Waals surface area contributed by atoms with Crippen molar-refractivity contribution >= 4 is 5.91 Å². The van der Waals surface area contributed by atoms with Gasteiger partial charge in [0.05, 0.1) is 0 Å². The molecular formula is C16H30N2O. The van der Waals surface area contributed by atoms with Gasteiger partial charge in [0.2, 0.25) is 5.91 Å². The van der Waals surface area contributed by atoms with E-state index in [1.165, 1.54) is 19.3 Å². The molecule has 2 fully saturated rings. The number of nitrogens with two attached hydrogens (primary N) is 1. The molecular weight excluding hydrogens is 236 g/mol. The van der Waals surface area contributed by atoms with E-state index in [1.54, 1.807) is 0 Å². The van der Waals surface area contributed by atoms with Crippen molar-refractivity contribution in [3.8, 4) is 0 Å². The van der Waals surface area contributed by atoms with Gasteiger partial charge in [-0.05, 0) is 50.0 Å². The fraction of sp³-hybridized carbons (Fsp3) is 0.938. The molecule has 0 aromatic carbocycles. The lowest BCUT2D eigenvalue weighted by Crippen LogP contribution is -2.42. The van der Waals surface area contributed by atoms with Crippen LogP contribution in [0.3, 0.4) is 0 Å². The summed E-state index contributed by atoms with van der Waals surface area (Å²) in [6, 6.07) is 0. The monoisotopic (exact) mass is 266 g/mol. The molecule has 0 aromatic heterocycles. The van der Waals surface area contributed by atoms with Crippen molar-refractivity contribution in [3.63, 3.8) is 0 Å². The summed E-state index contributed by atoms with van der Waals surface area (Å²) in [5.74, 6) is 1.03. The molecule has 1 saturated heterocycles. The number of hydrogen-bond acceptors (Lipinski definition) is 2. The molecule has 1 heterocycles. The van der Waals surface area contributed by atoms with Crippen LogP contribution < -0.4 is 5.73 Å². The first-order valence-corrected chi connectivity index (χ1v) is 8.02. The van der Waals surface area contributed by atoms with Crippen LogP contribution in [0.15, 0.2) is 0 Å². The number of nitrogens with zero attached hydrogens (tertiary/aromatic N) is 1. The summed E-state index contributed by atoms with van der Waals surface area (Å²) >= 11 is 0. The van der Waals surface area contributed by atoms with Crippen molar-refractivity contribution in [1.82, 2.24) is 4.90 Å². The Balaban J connectivity index is 1.98. The Bertz CT molecular complexity index is 314. The summed E-state index contributed by atoms with van der Waals surface area (Å²) in [5.41, 5.74) is 6.26. The Kier molecular flexibility index (Phi) is 4.88. The first kappa shape index (κ1) is 14.8. The molecule has 2 aliphatic rings. The van der Waals surface area contributed by atoms with Gasteiger partial charge >= 0.3 is 0 Å². The van der Waals surface area contributed by atoms with Crippen molar-refractivity contribution in [2.24, 2.45) is 23.0 Å². The van der Waals surface area contributed by atoms with E-state index in [4.69, 9.17) is 5.73 Å². The van der Waals surface area contributed by atoms with E-state index in [2.05, 4.69) is 18.7 Å². The molecule has 2 rings (SSSR count). The minimum atomic E-state index is 0.208. The molecule has 1 aliphatic heterocycles. The van der Waals surface area contributed by atoms with Crippen LogP contribution in [0, 0.1) is 17.3 Å². The van der Waals surface area contributed by atoms with E-state index in [9.17, 15) is 4.79 Å². The summed E-state index contributed by atoms with van der Waals surface area (Å²) in [4.78, 5) is 14.9. The maximum absolute atomic E-state index is 12.8. The van der Waals surface area contributed by atoms with Gasteiger partial charge in [0.25, 0.3) is 0 Å². The molecule has 1 saturated carbocycles.